The average Bonchev–Trinajstić information content (AvgIpc) is 2.39. The summed E-state index contributed by atoms with van der Waals surface area (Å²) in [7, 11) is 0. The minimum absolute atomic E-state index is 0.185. The number of hydrogen-bond donors (Lipinski definition) is 1. The molecule has 1 N–H and O–H groups in total. The van der Waals surface area contributed by atoms with E-state index < -0.39 is 0 Å². The van der Waals surface area contributed by atoms with Gasteiger partial charge in [0.05, 0.1) is 6.04 Å². The first-order valence-corrected chi connectivity index (χ1v) is 7.01. The number of nitrogens with one attached hydrogen (secondary N) is 1. The Balaban J connectivity index is 2.48. The molecule has 0 saturated carbocycles. The van der Waals surface area contributed by atoms with E-state index in [1.807, 2.05) is 26.0 Å². The Morgan fingerprint density at radius 3 is 2.79 bits per heavy atom. The lowest BCUT2D eigenvalue weighted by molar-refractivity contribution is 0.557. The van der Waals surface area contributed by atoms with Crippen LogP contribution in [0.4, 0.5) is 4.39 Å². The minimum Gasteiger partial charge on any atom is -0.306 e. The quantitative estimate of drug-likeness (QED) is 0.920. The summed E-state index contributed by atoms with van der Waals surface area (Å²) < 4.78 is 14.9. The molecular formula is C15H16BrFN2. The molecular weight excluding hydrogens is 307 g/mol. The fourth-order valence-corrected chi connectivity index (χ4v) is 2.46. The molecule has 0 aliphatic rings. The lowest BCUT2D eigenvalue weighted by Crippen LogP contribution is -2.23. The van der Waals surface area contributed by atoms with Gasteiger partial charge in [0.1, 0.15) is 5.82 Å². The van der Waals surface area contributed by atoms with E-state index in [1.165, 1.54) is 6.07 Å². The van der Waals surface area contributed by atoms with Gasteiger partial charge in [-0.2, -0.15) is 0 Å². The second kappa shape index (κ2) is 6.26. The summed E-state index contributed by atoms with van der Waals surface area (Å²) in [5, 5.41) is 3.31. The molecule has 0 bridgehead atoms. The SMILES string of the molecule is CCNC(c1cncc(C)c1)c1cc(Br)ccc1F. The van der Waals surface area contributed by atoms with Crippen LogP contribution in [-0.4, -0.2) is 11.5 Å². The maximum atomic E-state index is 14.0. The topological polar surface area (TPSA) is 24.9 Å². The van der Waals surface area contributed by atoms with Crippen LogP contribution in [0.5, 0.6) is 0 Å². The summed E-state index contributed by atoms with van der Waals surface area (Å²) in [4.78, 5) is 4.19. The van der Waals surface area contributed by atoms with Crippen LogP contribution in [0, 0.1) is 12.7 Å². The number of rotatable bonds is 4. The van der Waals surface area contributed by atoms with Gasteiger partial charge in [0.2, 0.25) is 0 Å². The molecule has 1 aromatic carbocycles. The van der Waals surface area contributed by atoms with E-state index >= 15 is 0 Å². The van der Waals surface area contributed by atoms with E-state index in [9.17, 15) is 4.39 Å². The van der Waals surface area contributed by atoms with Crippen molar-refractivity contribution in [3.05, 3.63) is 63.6 Å². The molecule has 1 unspecified atom stereocenters. The smallest absolute Gasteiger partial charge is 0.128 e. The van der Waals surface area contributed by atoms with Crippen molar-refractivity contribution in [2.24, 2.45) is 0 Å². The van der Waals surface area contributed by atoms with Crippen LogP contribution in [0.25, 0.3) is 0 Å². The van der Waals surface area contributed by atoms with Crippen LogP contribution in [0.1, 0.15) is 29.7 Å². The maximum absolute atomic E-state index is 14.0. The summed E-state index contributed by atoms with van der Waals surface area (Å²) in [6.45, 7) is 4.74. The predicted octanol–water partition coefficient (Wildman–Crippen LogP) is 3.99. The Morgan fingerprint density at radius 1 is 1.32 bits per heavy atom. The number of benzene rings is 1. The van der Waals surface area contributed by atoms with E-state index in [0.717, 1.165) is 22.1 Å². The average molecular weight is 323 g/mol. The molecule has 0 saturated heterocycles. The summed E-state index contributed by atoms with van der Waals surface area (Å²) >= 11 is 3.39. The van der Waals surface area contributed by atoms with Gasteiger partial charge >= 0.3 is 0 Å². The standard InChI is InChI=1S/C15H16BrFN2/c1-3-19-15(11-6-10(2)8-18-9-11)13-7-12(16)4-5-14(13)17/h4-9,15,19H,3H2,1-2H3. The molecule has 1 heterocycles. The van der Waals surface area contributed by atoms with Crippen LogP contribution >= 0.6 is 15.9 Å². The number of aromatic nitrogens is 1. The van der Waals surface area contributed by atoms with E-state index in [0.29, 0.717) is 5.56 Å². The van der Waals surface area contributed by atoms with E-state index in [4.69, 9.17) is 0 Å². The highest BCUT2D eigenvalue weighted by Gasteiger charge is 2.17. The molecule has 0 spiro atoms. The third-order valence-electron chi connectivity index (χ3n) is 2.91. The van der Waals surface area contributed by atoms with Crippen LogP contribution in [0.15, 0.2) is 41.1 Å². The van der Waals surface area contributed by atoms with Gasteiger partial charge in [-0.15, -0.1) is 0 Å². The van der Waals surface area contributed by atoms with Crippen LogP contribution < -0.4 is 5.32 Å². The van der Waals surface area contributed by atoms with Crippen LogP contribution in [-0.2, 0) is 0 Å². The molecule has 0 fully saturated rings. The van der Waals surface area contributed by atoms with E-state index in [-0.39, 0.29) is 11.9 Å². The molecule has 0 radical (unpaired) electrons. The largest absolute Gasteiger partial charge is 0.306 e. The zero-order valence-electron chi connectivity index (χ0n) is 11.0. The highest BCUT2D eigenvalue weighted by molar-refractivity contribution is 9.10. The number of hydrogen-bond acceptors (Lipinski definition) is 2. The highest BCUT2D eigenvalue weighted by Crippen LogP contribution is 2.27. The molecule has 100 valence electrons. The highest BCUT2D eigenvalue weighted by atomic mass is 79.9. The summed E-state index contributed by atoms with van der Waals surface area (Å²) in [5.41, 5.74) is 2.67. The third kappa shape index (κ3) is 3.39. The van der Waals surface area contributed by atoms with E-state index in [1.54, 1.807) is 18.5 Å². The molecule has 4 heteroatoms. The fourth-order valence-electron chi connectivity index (χ4n) is 2.08. The Labute approximate surface area is 121 Å². The Morgan fingerprint density at radius 2 is 2.11 bits per heavy atom. The summed E-state index contributed by atoms with van der Waals surface area (Å²) in [5.74, 6) is -0.212. The summed E-state index contributed by atoms with van der Waals surface area (Å²) in [6.07, 6.45) is 3.57. The fraction of sp³-hybridized carbons (Fsp3) is 0.267. The number of pyridine rings is 1. The van der Waals surface area contributed by atoms with Crippen LogP contribution in [0.3, 0.4) is 0 Å². The van der Waals surface area contributed by atoms with Gasteiger partial charge in [-0.1, -0.05) is 28.9 Å². The molecule has 1 atom stereocenters. The molecule has 0 amide bonds. The first-order chi connectivity index (χ1) is 9.11. The molecule has 19 heavy (non-hydrogen) atoms. The molecule has 2 rings (SSSR count). The lowest BCUT2D eigenvalue weighted by atomic mass is 9.98. The number of halogens is 2. The molecule has 0 aliphatic carbocycles. The molecule has 1 aromatic heterocycles. The van der Waals surface area contributed by atoms with Crippen molar-refractivity contribution in [3.8, 4) is 0 Å². The van der Waals surface area contributed by atoms with E-state index in [2.05, 4.69) is 26.2 Å². The van der Waals surface area contributed by atoms with Gasteiger partial charge in [-0.3, -0.25) is 4.98 Å². The third-order valence-corrected chi connectivity index (χ3v) is 3.40. The monoisotopic (exact) mass is 322 g/mol. The van der Waals surface area contributed by atoms with Crippen molar-refractivity contribution in [1.29, 1.82) is 0 Å². The maximum Gasteiger partial charge on any atom is 0.128 e. The minimum atomic E-state index is -0.212. The number of nitrogens with zero attached hydrogens (tertiary/aromatic N) is 1. The first kappa shape index (κ1) is 14.2. The lowest BCUT2D eigenvalue weighted by Gasteiger charge is -2.20. The Bertz CT molecular complexity index is 572. The van der Waals surface area contributed by atoms with Gasteiger partial charge in [0, 0.05) is 22.4 Å². The Hall–Kier alpha value is -1.26. The number of aryl methyl sites for hydroxylation is 1. The van der Waals surface area contributed by atoms with Gasteiger partial charge in [-0.05, 0) is 42.8 Å². The molecule has 0 aliphatic heterocycles. The normalized spacial score (nSPS) is 12.4. The molecule has 2 aromatic rings. The zero-order valence-corrected chi connectivity index (χ0v) is 12.5. The summed E-state index contributed by atoms with van der Waals surface area (Å²) in [6, 6.07) is 6.84. The van der Waals surface area contributed by atoms with Crippen molar-refractivity contribution >= 4 is 15.9 Å². The van der Waals surface area contributed by atoms with Crippen molar-refractivity contribution in [2.45, 2.75) is 19.9 Å². The molecule has 2 nitrogen and oxygen atoms in total. The second-order valence-corrected chi connectivity index (χ2v) is 5.37. The van der Waals surface area contributed by atoms with Crippen molar-refractivity contribution in [2.75, 3.05) is 6.54 Å². The van der Waals surface area contributed by atoms with Gasteiger partial charge < -0.3 is 5.32 Å². The zero-order chi connectivity index (χ0) is 13.8. The van der Waals surface area contributed by atoms with Crippen molar-refractivity contribution < 1.29 is 4.39 Å². The van der Waals surface area contributed by atoms with Gasteiger partial charge in [0.15, 0.2) is 0 Å². The van der Waals surface area contributed by atoms with Gasteiger partial charge in [0.25, 0.3) is 0 Å². The first-order valence-electron chi connectivity index (χ1n) is 6.21. The Kier molecular flexibility index (Phi) is 4.66. The van der Waals surface area contributed by atoms with Crippen molar-refractivity contribution in [1.82, 2.24) is 10.3 Å². The van der Waals surface area contributed by atoms with Crippen molar-refractivity contribution in [3.63, 3.8) is 0 Å². The van der Waals surface area contributed by atoms with Crippen LogP contribution in [0.2, 0.25) is 0 Å². The second-order valence-electron chi connectivity index (χ2n) is 4.45. The predicted molar refractivity (Wildman–Crippen MR) is 78.6 cm³/mol. The van der Waals surface area contributed by atoms with Gasteiger partial charge in [-0.25, -0.2) is 4.39 Å².